The average molecular weight is 660 g/mol. The Balaban J connectivity index is 1.46. The first-order valence-electron chi connectivity index (χ1n) is 14.4. The summed E-state index contributed by atoms with van der Waals surface area (Å²) in [6.45, 7) is -0.354. The smallest absolute Gasteiger partial charge is 0.409 e. The molecule has 0 unspecified atom stereocenters. The number of anilines is 1. The maximum atomic E-state index is 15.3. The molecule has 0 spiro atoms. The number of nitrogens with one attached hydrogen (secondary N) is 1. The molecule has 1 fully saturated rings. The van der Waals surface area contributed by atoms with Crippen molar-refractivity contribution >= 4 is 28.3 Å². The van der Waals surface area contributed by atoms with Gasteiger partial charge in [0, 0.05) is 56.4 Å². The molecule has 248 valence electrons. The van der Waals surface area contributed by atoms with Crippen molar-refractivity contribution in [2.45, 2.75) is 24.7 Å². The van der Waals surface area contributed by atoms with Crippen molar-refractivity contribution < 1.29 is 36.3 Å². The monoisotopic (exact) mass is 659 g/mol. The van der Waals surface area contributed by atoms with Crippen molar-refractivity contribution in [3.63, 3.8) is 0 Å². The fourth-order valence-corrected chi connectivity index (χ4v) is 5.76. The van der Waals surface area contributed by atoms with E-state index in [-0.39, 0.29) is 30.9 Å². The van der Waals surface area contributed by atoms with Gasteiger partial charge in [0.05, 0.1) is 12.8 Å². The molecule has 1 N–H and O–H groups in total. The Labute approximate surface area is 264 Å². The lowest BCUT2D eigenvalue weighted by Crippen LogP contribution is -2.58. The first kappa shape index (κ1) is 33.3. The topological polar surface area (TPSA) is 106 Å². The molecular weight excluding hydrogens is 629 g/mol. The third kappa shape index (κ3) is 6.61. The van der Waals surface area contributed by atoms with Crippen molar-refractivity contribution in [1.82, 2.24) is 19.4 Å². The highest BCUT2D eigenvalue weighted by molar-refractivity contribution is 5.98. The van der Waals surface area contributed by atoms with E-state index in [9.17, 15) is 32.3 Å². The van der Waals surface area contributed by atoms with Gasteiger partial charge in [0.25, 0.3) is 11.5 Å². The highest BCUT2D eigenvalue weighted by Crippen LogP contribution is 2.33. The lowest BCUT2D eigenvalue weighted by Gasteiger charge is -2.42. The zero-order valence-corrected chi connectivity index (χ0v) is 25.5. The van der Waals surface area contributed by atoms with Crippen molar-refractivity contribution in [3.8, 4) is 5.69 Å². The van der Waals surface area contributed by atoms with Gasteiger partial charge in [0.15, 0.2) is 0 Å². The minimum absolute atomic E-state index is 0.157. The summed E-state index contributed by atoms with van der Waals surface area (Å²) in [6.07, 6.45) is -3.57. The molecule has 2 atom stereocenters. The van der Waals surface area contributed by atoms with Crippen molar-refractivity contribution in [1.29, 1.82) is 0 Å². The quantitative estimate of drug-likeness (QED) is 0.240. The van der Waals surface area contributed by atoms with Gasteiger partial charge in [-0.05, 0) is 36.2 Å². The van der Waals surface area contributed by atoms with Crippen LogP contribution in [0.2, 0.25) is 0 Å². The van der Waals surface area contributed by atoms with Gasteiger partial charge in [0.1, 0.15) is 29.3 Å². The first-order chi connectivity index (χ1) is 22.2. The van der Waals surface area contributed by atoms with Crippen LogP contribution in [0.1, 0.15) is 15.9 Å². The number of rotatable bonds is 7. The SMILES string of the molecule is COC(=O)[C@H](Cc1cccc2c(-n3c(=O)ccn(C)c3=O)cccc12)NC(=O)c1c(F)cc(N2CCN(C)C[C@@H]2C(F)(F)F)cc1F. The number of esters is 1. The Kier molecular flexibility index (Phi) is 9.20. The van der Waals surface area contributed by atoms with Gasteiger partial charge in [-0.25, -0.2) is 22.9 Å². The van der Waals surface area contributed by atoms with Crippen molar-refractivity contribution in [3.05, 3.63) is 104 Å². The van der Waals surface area contributed by atoms with E-state index >= 15 is 8.78 Å². The summed E-state index contributed by atoms with van der Waals surface area (Å²) < 4.78 is 78.9. The fraction of sp³-hybridized carbons (Fsp3) is 0.312. The molecule has 0 saturated carbocycles. The molecule has 0 aliphatic carbocycles. The van der Waals surface area contributed by atoms with E-state index in [1.165, 1.54) is 35.8 Å². The number of halogens is 5. The second-order valence-corrected chi connectivity index (χ2v) is 11.2. The van der Waals surface area contributed by atoms with E-state index in [0.29, 0.717) is 28.5 Å². The number of benzene rings is 3. The lowest BCUT2D eigenvalue weighted by molar-refractivity contribution is -0.155. The van der Waals surface area contributed by atoms with Gasteiger partial charge < -0.3 is 24.4 Å². The molecule has 1 aromatic heterocycles. The number of ether oxygens (including phenoxy) is 1. The van der Waals surface area contributed by atoms with Crippen molar-refractivity contribution in [2.75, 3.05) is 38.7 Å². The number of amides is 1. The number of piperazine rings is 1. The predicted molar refractivity (Wildman–Crippen MR) is 163 cm³/mol. The highest BCUT2D eigenvalue weighted by Gasteiger charge is 2.46. The van der Waals surface area contributed by atoms with Crippen LogP contribution in [-0.4, -0.2) is 78.0 Å². The highest BCUT2D eigenvalue weighted by atomic mass is 19.4. The maximum absolute atomic E-state index is 15.3. The minimum atomic E-state index is -4.68. The molecule has 3 aromatic carbocycles. The van der Waals surface area contributed by atoms with Gasteiger partial charge in [-0.2, -0.15) is 13.2 Å². The third-order valence-electron chi connectivity index (χ3n) is 8.15. The maximum Gasteiger partial charge on any atom is 0.409 e. The molecular formula is C32H30F5N5O5. The second kappa shape index (κ2) is 13.0. The molecule has 1 amide bonds. The van der Waals surface area contributed by atoms with Crippen LogP contribution in [0.25, 0.3) is 16.5 Å². The summed E-state index contributed by atoms with van der Waals surface area (Å²) in [4.78, 5) is 53.8. The van der Waals surface area contributed by atoms with Gasteiger partial charge in [0.2, 0.25) is 0 Å². The Hall–Kier alpha value is -5.05. The molecule has 1 saturated heterocycles. The van der Waals surface area contributed by atoms with E-state index in [0.717, 1.165) is 16.6 Å². The summed E-state index contributed by atoms with van der Waals surface area (Å²) >= 11 is 0. The summed E-state index contributed by atoms with van der Waals surface area (Å²) in [5, 5.41) is 3.27. The molecule has 0 radical (unpaired) electrons. The Morgan fingerprint density at radius 1 is 0.979 bits per heavy atom. The minimum Gasteiger partial charge on any atom is -0.467 e. The molecule has 1 aliphatic rings. The van der Waals surface area contributed by atoms with Crippen LogP contribution in [0.4, 0.5) is 27.6 Å². The van der Waals surface area contributed by atoms with Gasteiger partial charge in [-0.1, -0.05) is 30.3 Å². The van der Waals surface area contributed by atoms with E-state index in [1.807, 2.05) is 0 Å². The van der Waals surface area contributed by atoms with Crippen molar-refractivity contribution in [2.24, 2.45) is 7.05 Å². The number of carbonyl (C=O) groups excluding carboxylic acids is 2. The van der Waals surface area contributed by atoms with E-state index in [1.54, 1.807) is 36.4 Å². The van der Waals surface area contributed by atoms with E-state index < -0.39 is 65.1 Å². The van der Waals surface area contributed by atoms with Crippen LogP contribution in [0, 0.1) is 11.6 Å². The summed E-state index contributed by atoms with van der Waals surface area (Å²) in [6, 6.07) is 8.83. The Morgan fingerprint density at radius 2 is 1.64 bits per heavy atom. The summed E-state index contributed by atoms with van der Waals surface area (Å²) in [7, 11) is 4.05. The Bertz CT molecular complexity index is 1950. The van der Waals surface area contributed by atoms with Gasteiger partial charge >= 0.3 is 17.8 Å². The molecule has 10 nitrogen and oxygen atoms in total. The van der Waals surface area contributed by atoms with Crippen LogP contribution in [0.5, 0.6) is 0 Å². The molecule has 5 rings (SSSR count). The molecule has 2 heterocycles. The zero-order chi connectivity index (χ0) is 34.2. The van der Waals surface area contributed by atoms with Gasteiger partial charge in [-0.3, -0.25) is 9.59 Å². The van der Waals surface area contributed by atoms with Crippen LogP contribution >= 0.6 is 0 Å². The molecule has 15 heteroatoms. The normalized spacial score (nSPS) is 16.3. The summed E-state index contributed by atoms with van der Waals surface area (Å²) in [5.74, 6) is -5.09. The zero-order valence-electron chi connectivity index (χ0n) is 25.5. The Morgan fingerprint density at radius 3 is 2.30 bits per heavy atom. The fourth-order valence-electron chi connectivity index (χ4n) is 5.76. The number of likely N-dealkylation sites (N-methyl/N-ethyl adjacent to an activating group) is 1. The van der Waals surface area contributed by atoms with Gasteiger partial charge in [-0.15, -0.1) is 0 Å². The molecule has 1 aliphatic heterocycles. The van der Waals surface area contributed by atoms with Crippen LogP contribution in [0.3, 0.4) is 0 Å². The average Bonchev–Trinajstić information content (AvgIpc) is 3.01. The summed E-state index contributed by atoms with van der Waals surface area (Å²) in [5.41, 5.74) is -1.89. The molecule has 47 heavy (non-hydrogen) atoms. The third-order valence-corrected chi connectivity index (χ3v) is 8.15. The molecule has 0 bridgehead atoms. The second-order valence-electron chi connectivity index (χ2n) is 11.2. The largest absolute Gasteiger partial charge is 0.467 e. The first-order valence-corrected chi connectivity index (χ1v) is 14.4. The lowest BCUT2D eigenvalue weighted by atomic mass is 9.97. The van der Waals surface area contributed by atoms with Crippen LogP contribution in [0.15, 0.2) is 70.4 Å². The number of carbonyl (C=O) groups is 2. The number of hydrogen-bond acceptors (Lipinski definition) is 7. The number of aryl methyl sites for hydroxylation is 1. The van der Waals surface area contributed by atoms with E-state index in [4.69, 9.17) is 4.74 Å². The number of aromatic nitrogens is 2. The number of hydrogen-bond donors (Lipinski definition) is 1. The van der Waals surface area contributed by atoms with Crippen LogP contribution in [-0.2, 0) is 23.0 Å². The van der Waals surface area contributed by atoms with E-state index in [2.05, 4.69) is 5.32 Å². The van der Waals surface area contributed by atoms with Crippen LogP contribution < -0.4 is 21.5 Å². The molecule has 4 aromatic rings. The predicted octanol–water partition coefficient (Wildman–Crippen LogP) is 3.16. The number of fused-ring (bicyclic) bond motifs is 1. The number of alkyl halides is 3. The standard InChI is InChI=1S/C32H30F5N5O5/c1-39-12-13-41(26(17-39)32(35,36)37)19-15-22(33)28(23(34)16-19)29(44)38-24(30(45)47-3)14-18-6-4-8-21-20(18)7-5-9-25(21)42-27(43)10-11-40(2)31(42)46/h4-11,15-16,24,26H,12-14,17H2,1-3H3,(H,38,44)/t24-,26+/m0/s1. The number of nitrogens with zero attached hydrogens (tertiary/aromatic N) is 4. The number of methoxy groups -OCH3 is 1.